The molecule has 4 nitrogen and oxygen atoms in total. The minimum absolute atomic E-state index is 0.977. The van der Waals surface area contributed by atoms with Crippen LogP contribution in [-0.4, -0.2) is 9.55 Å². The van der Waals surface area contributed by atoms with Gasteiger partial charge in [0.1, 0.15) is 24.8 Å². The summed E-state index contributed by atoms with van der Waals surface area (Å²) in [5.41, 5.74) is 0. The van der Waals surface area contributed by atoms with Gasteiger partial charge in [-0.15, -0.1) is 0 Å². The van der Waals surface area contributed by atoms with Crippen LogP contribution in [0.1, 0.15) is 141 Å². The van der Waals surface area contributed by atoms with Crippen LogP contribution in [-0.2, 0) is 26.6 Å². The van der Waals surface area contributed by atoms with Crippen LogP contribution in [0.2, 0.25) is 0 Å². The molecule has 0 amide bonds. The number of aromatic nitrogens is 4. The summed E-state index contributed by atoms with van der Waals surface area (Å²) in [7, 11) is 2.19. The van der Waals surface area contributed by atoms with Crippen LogP contribution < -0.4 is 9.13 Å². The summed E-state index contributed by atoms with van der Waals surface area (Å²) in [6.07, 6.45) is 34.8. The molecule has 2 aromatic rings. The highest BCUT2D eigenvalue weighted by molar-refractivity contribution is 4.94. The molecule has 4 heteroatoms. The first-order valence-corrected chi connectivity index (χ1v) is 14.9. The minimum Gasteiger partial charge on any atom is -0.247 e. The number of hydrogen-bond acceptors (Lipinski definition) is 0. The van der Waals surface area contributed by atoms with Gasteiger partial charge in [0.15, 0.2) is 6.42 Å². The van der Waals surface area contributed by atoms with Gasteiger partial charge < -0.3 is 0 Å². The maximum Gasteiger partial charge on any atom is 0.268 e. The lowest BCUT2D eigenvalue weighted by Gasteiger charge is -2.04. The van der Waals surface area contributed by atoms with E-state index in [2.05, 4.69) is 64.4 Å². The fourth-order valence-corrected chi connectivity index (χ4v) is 5.08. The van der Waals surface area contributed by atoms with Gasteiger partial charge in [0.05, 0.1) is 20.1 Å². The first kappa shape index (κ1) is 28.7. The molecule has 34 heavy (non-hydrogen) atoms. The molecule has 0 spiro atoms. The van der Waals surface area contributed by atoms with Crippen molar-refractivity contribution in [2.24, 2.45) is 7.05 Å². The van der Waals surface area contributed by atoms with Crippen LogP contribution >= 0.6 is 0 Å². The highest BCUT2D eigenvalue weighted by Crippen LogP contribution is 2.12. The standard InChI is InChI=1S/C30H55N4/c1-4-6-8-10-12-14-15-17-18-20-23-33-25-22-31-29(33)28-30-32(3)26-27-34(30)24-21-19-16-13-11-9-7-5-2/h22,25-27H,4-21,23-24,28H2,1-3H3/q+1/p+1. The lowest BCUT2D eigenvalue weighted by molar-refractivity contribution is -0.708. The maximum absolute atomic E-state index is 3.52. The lowest BCUT2D eigenvalue weighted by atomic mass is 10.1. The van der Waals surface area contributed by atoms with E-state index in [0.717, 1.165) is 19.5 Å². The van der Waals surface area contributed by atoms with Gasteiger partial charge in [0.25, 0.3) is 11.6 Å². The van der Waals surface area contributed by atoms with Crippen molar-refractivity contribution in [2.75, 3.05) is 0 Å². The third-order valence-corrected chi connectivity index (χ3v) is 7.39. The van der Waals surface area contributed by atoms with Crippen molar-refractivity contribution in [3.8, 4) is 0 Å². The Hall–Kier alpha value is -1.58. The average Bonchev–Trinajstić information content (AvgIpc) is 3.43. The smallest absolute Gasteiger partial charge is 0.247 e. The van der Waals surface area contributed by atoms with Gasteiger partial charge in [-0.1, -0.05) is 104 Å². The number of hydrogen-bond donors (Lipinski definition) is 1. The van der Waals surface area contributed by atoms with Gasteiger partial charge in [-0.05, 0) is 25.7 Å². The summed E-state index contributed by atoms with van der Waals surface area (Å²) >= 11 is 0. The first-order chi connectivity index (χ1) is 16.8. The SMILES string of the molecule is CCCCCCCCCCCC[n+]1cc[nH]c1Cc1n(CCCCCCCCCC)cc[n+]1C. The van der Waals surface area contributed by atoms with Gasteiger partial charge in [-0.2, -0.15) is 0 Å². The molecule has 1 N–H and O–H groups in total. The van der Waals surface area contributed by atoms with E-state index >= 15 is 0 Å². The Kier molecular flexibility index (Phi) is 15.8. The molecule has 0 atom stereocenters. The molecule has 2 rings (SSSR count). The molecule has 0 unspecified atom stereocenters. The van der Waals surface area contributed by atoms with Crippen molar-refractivity contribution in [1.82, 2.24) is 9.55 Å². The molecule has 194 valence electrons. The van der Waals surface area contributed by atoms with E-state index in [1.165, 1.54) is 127 Å². The van der Waals surface area contributed by atoms with Crippen molar-refractivity contribution in [2.45, 2.75) is 149 Å². The zero-order chi connectivity index (χ0) is 24.3. The summed E-state index contributed by atoms with van der Waals surface area (Å²) in [5.74, 6) is 2.74. The molecular weight excluding hydrogens is 416 g/mol. The summed E-state index contributed by atoms with van der Waals surface area (Å²) in [5, 5.41) is 0. The number of H-pyrrole nitrogens is 1. The number of unbranched alkanes of at least 4 members (excludes halogenated alkanes) is 16. The van der Waals surface area contributed by atoms with Gasteiger partial charge in [0, 0.05) is 0 Å². The highest BCUT2D eigenvalue weighted by atomic mass is 15.1. The van der Waals surface area contributed by atoms with Crippen molar-refractivity contribution in [3.05, 3.63) is 36.4 Å². The molecule has 0 fully saturated rings. The lowest BCUT2D eigenvalue weighted by Crippen LogP contribution is -2.39. The van der Waals surface area contributed by atoms with Crippen LogP contribution in [0.4, 0.5) is 0 Å². The van der Waals surface area contributed by atoms with Crippen molar-refractivity contribution >= 4 is 0 Å². The number of aromatic amines is 1. The normalized spacial score (nSPS) is 11.5. The second-order valence-electron chi connectivity index (χ2n) is 10.5. The molecule has 2 aromatic heterocycles. The Morgan fingerprint density at radius 1 is 0.676 bits per heavy atom. The van der Waals surface area contributed by atoms with E-state index < -0.39 is 0 Å². The van der Waals surface area contributed by atoms with E-state index in [1.807, 2.05) is 0 Å². The predicted molar refractivity (Wildman–Crippen MR) is 144 cm³/mol. The van der Waals surface area contributed by atoms with E-state index in [4.69, 9.17) is 0 Å². The van der Waals surface area contributed by atoms with Gasteiger partial charge >= 0.3 is 0 Å². The number of imidazole rings is 2. The molecule has 0 aromatic carbocycles. The van der Waals surface area contributed by atoms with Crippen LogP contribution in [0.25, 0.3) is 0 Å². The van der Waals surface area contributed by atoms with E-state index in [-0.39, 0.29) is 0 Å². The molecule has 0 aliphatic heterocycles. The molecular formula is C30H56N4+2. The van der Waals surface area contributed by atoms with Crippen molar-refractivity contribution in [1.29, 1.82) is 0 Å². The second-order valence-corrected chi connectivity index (χ2v) is 10.5. The molecule has 0 radical (unpaired) electrons. The van der Waals surface area contributed by atoms with Gasteiger partial charge in [-0.25, -0.2) is 18.7 Å². The Labute approximate surface area is 211 Å². The quantitative estimate of drug-likeness (QED) is 0.135. The zero-order valence-corrected chi connectivity index (χ0v) is 23.0. The van der Waals surface area contributed by atoms with Crippen LogP contribution in [0, 0.1) is 0 Å². The summed E-state index contributed by atoms with van der Waals surface area (Å²) in [6, 6.07) is 0. The van der Waals surface area contributed by atoms with Gasteiger partial charge in [0.2, 0.25) is 0 Å². The number of nitrogens with one attached hydrogen (secondary N) is 1. The third-order valence-electron chi connectivity index (χ3n) is 7.39. The Bertz CT molecular complexity index is 730. The zero-order valence-electron chi connectivity index (χ0n) is 23.0. The predicted octanol–water partition coefficient (Wildman–Crippen LogP) is 7.58. The first-order valence-electron chi connectivity index (χ1n) is 14.9. The number of nitrogens with zero attached hydrogens (tertiary/aromatic N) is 3. The Morgan fingerprint density at radius 3 is 1.79 bits per heavy atom. The number of aryl methyl sites for hydroxylation is 3. The fourth-order valence-electron chi connectivity index (χ4n) is 5.08. The third kappa shape index (κ3) is 11.7. The average molecular weight is 473 g/mol. The summed E-state index contributed by atoms with van der Waals surface area (Å²) < 4.78 is 7.22. The van der Waals surface area contributed by atoms with Crippen LogP contribution in [0.3, 0.4) is 0 Å². The topological polar surface area (TPSA) is 28.5 Å². The monoisotopic (exact) mass is 472 g/mol. The van der Waals surface area contributed by atoms with Crippen molar-refractivity contribution < 1.29 is 9.13 Å². The second kappa shape index (κ2) is 18.7. The highest BCUT2D eigenvalue weighted by Gasteiger charge is 2.21. The Morgan fingerprint density at radius 2 is 1.21 bits per heavy atom. The van der Waals surface area contributed by atoms with E-state index in [0.29, 0.717) is 0 Å². The van der Waals surface area contributed by atoms with E-state index in [1.54, 1.807) is 0 Å². The molecule has 0 aliphatic carbocycles. The molecule has 0 aliphatic rings. The molecule has 0 bridgehead atoms. The summed E-state index contributed by atoms with van der Waals surface area (Å²) in [6.45, 7) is 6.87. The van der Waals surface area contributed by atoms with E-state index in [9.17, 15) is 0 Å². The largest absolute Gasteiger partial charge is 0.268 e. The molecule has 2 heterocycles. The fraction of sp³-hybridized carbons (Fsp3) is 0.800. The Balaban J connectivity index is 1.66. The van der Waals surface area contributed by atoms with Crippen LogP contribution in [0.5, 0.6) is 0 Å². The number of rotatable bonds is 22. The summed E-state index contributed by atoms with van der Waals surface area (Å²) in [4.78, 5) is 3.52. The van der Waals surface area contributed by atoms with Crippen LogP contribution in [0.15, 0.2) is 24.8 Å². The van der Waals surface area contributed by atoms with Gasteiger partial charge in [-0.3, -0.25) is 0 Å². The maximum atomic E-state index is 3.52. The molecule has 0 saturated carbocycles. The molecule has 0 saturated heterocycles. The van der Waals surface area contributed by atoms with Crippen molar-refractivity contribution in [3.63, 3.8) is 0 Å². The minimum atomic E-state index is 0.977.